The van der Waals surface area contributed by atoms with Gasteiger partial charge in [-0.25, -0.2) is 13.1 Å². The number of hydrogen-bond acceptors (Lipinski definition) is 6. The fraction of sp³-hybridized carbons (Fsp3) is 0.444. The number of sulfone groups is 1. The molecule has 0 aliphatic carbocycles. The normalized spacial score (nSPS) is 18.6. The number of aromatic hydroxyl groups is 1. The highest BCUT2D eigenvalue weighted by Gasteiger charge is 2.35. The Balaban J connectivity index is 2.29. The number of carbonyl (C=O) groups excluding carboxylic acids is 1. The van der Waals surface area contributed by atoms with E-state index in [4.69, 9.17) is 4.74 Å². The van der Waals surface area contributed by atoms with Gasteiger partial charge >= 0.3 is 0 Å². The van der Waals surface area contributed by atoms with E-state index in [1.54, 1.807) is 33.9 Å². The third-order valence-electron chi connectivity index (χ3n) is 5.00. The highest BCUT2D eigenvalue weighted by atomic mass is 32.2. The second-order valence-electron chi connectivity index (χ2n) is 6.68. The Morgan fingerprint density at radius 1 is 1.35 bits per heavy atom. The number of aromatic nitrogens is 2. The van der Waals surface area contributed by atoms with Crippen LogP contribution >= 0.6 is 0 Å². The maximum atomic E-state index is 13.1. The van der Waals surface area contributed by atoms with Gasteiger partial charge in [0.05, 0.1) is 22.4 Å². The van der Waals surface area contributed by atoms with Crippen molar-refractivity contribution in [2.45, 2.75) is 38.2 Å². The Morgan fingerprint density at radius 3 is 2.54 bits per heavy atom. The largest absolute Gasteiger partial charge is 0.493 e. The summed E-state index contributed by atoms with van der Waals surface area (Å²) in [6.45, 7) is 5.05. The number of aryl methyl sites for hydroxylation is 3. The number of fused-ring (bicyclic) bond motifs is 1. The minimum Gasteiger partial charge on any atom is -0.493 e. The predicted octanol–water partition coefficient (Wildman–Crippen LogP) is 2.15. The van der Waals surface area contributed by atoms with Crippen molar-refractivity contribution in [3.63, 3.8) is 0 Å². The van der Waals surface area contributed by atoms with Gasteiger partial charge in [-0.05, 0) is 44.4 Å². The molecule has 1 atom stereocenters. The van der Waals surface area contributed by atoms with Crippen LogP contribution in [0, 0.1) is 20.8 Å². The zero-order valence-electron chi connectivity index (χ0n) is 15.5. The van der Waals surface area contributed by atoms with E-state index in [1.807, 2.05) is 0 Å². The van der Waals surface area contributed by atoms with Gasteiger partial charge < -0.3 is 9.84 Å². The van der Waals surface area contributed by atoms with Crippen LogP contribution in [0.3, 0.4) is 0 Å². The van der Waals surface area contributed by atoms with Crippen molar-refractivity contribution in [2.24, 2.45) is 7.05 Å². The summed E-state index contributed by atoms with van der Waals surface area (Å²) in [6, 6.07) is 1.58. The first-order chi connectivity index (χ1) is 12.1. The third kappa shape index (κ3) is 2.64. The molecule has 140 valence electrons. The van der Waals surface area contributed by atoms with E-state index in [0.717, 1.165) is 0 Å². The van der Waals surface area contributed by atoms with Crippen LogP contribution < -0.4 is 0 Å². The van der Waals surface area contributed by atoms with Crippen LogP contribution in [-0.4, -0.2) is 42.0 Å². The molecule has 7 nitrogen and oxygen atoms in total. The van der Waals surface area contributed by atoms with Gasteiger partial charge in [0.1, 0.15) is 5.56 Å². The van der Waals surface area contributed by atoms with Crippen LogP contribution in [0.2, 0.25) is 0 Å². The van der Waals surface area contributed by atoms with Gasteiger partial charge in [-0.15, -0.1) is 0 Å². The standard InChI is InChI=1S/C18H22N2O5S/c1-9-8-12(16(21)15-11(3)19-20(4)18(15)22)10(2)14-13(25-5)6-7-26(23,24)17(9)14/h8,13,22H,6-7H2,1-5H3. The number of carbonyl (C=O) groups is 1. The summed E-state index contributed by atoms with van der Waals surface area (Å²) in [5.74, 6) is -0.568. The maximum absolute atomic E-state index is 13.1. The Morgan fingerprint density at radius 2 is 2.00 bits per heavy atom. The number of rotatable bonds is 3. The van der Waals surface area contributed by atoms with Crippen LogP contribution in [0.5, 0.6) is 5.88 Å². The molecule has 0 radical (unpaired) electrons. The Bertz CT molecular complexity index is 1020. The molecule has 0 fully saturated rings. The van der Waals surface area contributed by atoms with E-state index >= 15 is 0 Å². The van der Waals surface area contributed by atoms with Crippen LogP contribution in [0.4, 0.5) is 0 Å². The van der Waals surface area contributed by atoms with E-state index in [1.165, 1.54) is 11.8 Å². The average Bonchev–Trinajstić information content (AvgIpc) is 2.82. The Hall–Kier alpha value is -2.19. The number of hydrogen-bond donors (Lipinski definition) is 1. The van der Waals surface area contributed by atoms with E-state index in [-0.39, 0.29) is 34.0 Å². The molecule has 1 aromatic heterocycles. The van der Waals surface area contributed by atoms with Crippen molar-refractivity contribution in [3.8, 4) is 5.88 Å². The molecule has 1 N–H and O–H groups in total. The highest BCUT2D eigenvalue weighted by molar-refractivity contribution is 7.91. The molecule has 0 amide bonds. The number of methoxy groups -OCH3 is 1. The molecule has 0 saturated carbocycles. The lowest BCUT2D eigenvalue weighted by Gasteiger charge is -2.28. The van der Waals surface area contributed by atoms with Crippen LogP contribution in [0.25, 0.3) is 0 Å². The molecular weight excluding hydrogens is 356 g/mol. The number of nitrogens with zero attached hydrogens (tertiary/aromatic N) is 2. The molecule has 0 saturated heterocycles. The van der Waals surface area contributed by atoms with Crippen molar-refractivity contribution in [1.82, 2.24) is 9.78 Å². The fourth-order valence-electron chi connectivity index (χ4n) is 3.75. The van der Waals surface area contributed by atoms with Gasteiger partial charge in [0, 0.05) is 25.3 Å². The zero-order chi connectivity index (χ0) is 19.4. The monoisotopic (exact) mass is 378 g/mol. The van der Waals surface area contributed by atoms with Crippen molar-refractivity contribution in [2.75, 3.05) is 12.9 Å². The first-order valence-corrected chi connectivity index (χ1v) is 9.92. The SMILES string of the molecule is COC1CCS(=O)(=O)c2c(C)cc(C(=O)c3c(C)nn(C)c3O)c(C)c21. The van der Waals surface area contributed by atoms with Crippen molar-refractivity contribution in [3.05, 3.63) is 39.6 Å². The van der Waals surface area contributed by atoms with Gasteiger partial charge in [0.15, 0.2) is 9.84 Å². The minimum absolute atomic E-state index is 0.0224. The van der Waals surface area contributed by atoms with Gasteiger partial charge in [-0.2, -0.15) is 5.10 Å². The molecule has 0 spiro atoms. The summed E-state index contributed by atoms with van der Waals surface area (Å²) in [6.07, 6.45) is -0.0374. The Kier molecular flexibility index (Phi) is 4.44. The maximum Gasteiger partial charge on any atom is 0.220 e. The number of benzene rings is 1. The van der Waals surface area contributed by atoms with E-state index in [2.05, 4.69) is 5.10 Å². The molecule has 8 heteroatoms. The second-order valence-corrected chi connectivity index (χ2v) is 8.72. The first-order valence-electron chi connectivity index (χ1n) is 8.27. The summed E-state index contributed by atoms with van der Waals surface area (Å²) >= 11 is 0. The van der Waals surface area contributed by atoms with Gasteiger partial charge in [0.2, 0.25) is 11.7 Å². The highest BCUT2D eigenvalue weighted by Crippen LogP contribution is 2.40. The lowest BCUT2D eigenvalue weighted by atomic mass is 9.90. The summed E-state index contributed by atoms with van der Waals surface area (Å²) in [7, 11) is -0.327. The van der Waals surface area contributed by atoms with Crippen LogP contribution in [-0.2, 0) is 21.6 Å². The lowest BCUT2D eigenvalue weighted by molar-refractivity contribution is 0.0951. The molecule has 3 rings (SSSR count). The quantitative estimate of drug-likeness (QED) is 0.822. The molecule has 1 aromatic carbocycles. The molecule has 1 unspecified atom stereocenters. The Labute approximate surface area is 152 Å². The smallest absolute Gasteiger partial charge is 0.220 e. The molecular formula is C18H22N2O5S. The summed E-state index contributed by atoms with van der Waals surface area (Å²) in [4.78, 5) is 13.4. The second kappa shape index (κ2) is 6.21. The number of ether oxygens (including phenoxy) is 1. The van der Waals surface area contributed by atoms with Gasteiger partial charge in [-0.3, -0.25) is 4.79 Å². The lowest BCUT2D eigenvalue weighted by Crippen LogP contribution is -2.25. The zero-order valence-corrected chi connectivity index (χ0v) is 16.3. The molecule has 1 aliphatic rings. The average molecular weight is 378 g/mol. The van der Waals surface area contributed by atoms with E-state index in [9.17, 15) is 18.3 Å². The molecule has 2 heterocycles. The predicted molar refractivity (Wildman–Crippen MR) is 95.4 cm³/mol. The molecule has 1 aliphatic heterocycles. The van der Waals surface area contributed by atoms with Gasteiger partial charge in [0.25, 0.3) is 0 Å². The van der Waals surface area contributed by atoms with Crippen LogP contribution in [0.1, 0.15) is 50.8 Å². The van der Waals surface area contributed by atoms with Crippen LogP contribution in [0.15, 0.2) is 11.0 Å². The van der Waals surface area contributed by atoms with E-state index in [0.29, 0.717) is 34.4 Å². The topological polar surface area (TPSA) is 98.5 Å². The van der Waals surface area contributed by atoms with Gasteiger partial charge in [-0.1, -0.05) is 0 Å². The first kappa shape index (κ1) is 18.6. The van der Waals surface area contributed by atoms with Crippen molar-refractivity contribution < 1.29 is 23.1 Å². The number of ketones is 1. The van der Waals surface area contributed by atoms with Crippen molar-refractivity contribution >= 4 is 15.6 Å². The molecule has 0 bridgehead atoms. The molecule has 26 heavy (non-hydrogen) atoms. The fourth-order valence-corrected chi connectivity index (χ4v) is 5.64. The summed E-state index contributed by atoms with van der Waals surface area (Å²) < 4.78 is 31.9. The summed E-state index contributed by atoms with van der Waals surface area (Å²) in [5.41, 5.74) is 2.52. The third-order valence-corrected chi connectivity index (χ3v) is 6.94. The summed E-state index contributed by atoms with van der Waals surface area (Å²) in [5, 5.41) is 14.3. The minimum atomic E-state index is -3.41. The van der Waals surface area contributed by atoms with E-state index < -0.39 is 9.84 Å². The van der Waals surface area contributed by atoms with Crippen molar-refractivity contribution in [1.29, 1.82) is 0 Å². The molecule has 2 aromatic rings.